The topological polar surface area (TPSA) is 49.4 Å². The summed E-state index contributed by atoms with van der Waals surface area (Å²) in [5.74, 6) is -0.468. The van der Waals surface area contributed by atoms with Crippen LogP contribution >= 0.6 is 0 Å². The fraction of sp³-hybridized carbons (Fsp3) is 0.467. The van der Waals surface area contributed by atoms with Crippen molar-refractivity contribution in [2.75, 3.05) is 25.0 Å². The Morgan fingerprint density at radius 3 is 2.58 bits per heavy atom. The molecule has 0 fully saturated rings. The molecule has 0 bridgehead atoms. The fourth-order valence-corrected chi connectivity index (χ4v) is 2.70. The van der Waals surface area contributed by atoms with Gasteiger partial charge in [-0.1, -0.05) is 13.0 Å². The number of carbonyl (C=O) groups is 2. The lowest BCUT2D eigenvalue weighted by Crippen LogP contribution is -2.36. The van der Waals surface area contributed by atoms with E-state index in [2.05, 4.69) is 12.2 Å². The highest BCUT2D eigenvalue weighted by atomic mass is 16.2. The largest absolute Gasteiger partial charge is 0.319 e. The molecule has 1 amide bonds. The number of aryl methyl sites for hydroxylation is 2. The van der Waals surface area contributed by atoms with Crippen LogP contribution in [0.3, 0.4) is 0 Å². The number of rotatable bonds is 4. The maximum absolute atomic E-state index is 12.1. The standard InChI is InChI=1S/C15H20N2O2/c1-9-5-11(3)13-12(6-9)17(15(19)14(13)18)8-10(2)7-16-4/h5-6,10,16H,7-8H2,1-4H3. The summed E-state index contributed by atoms with van der Waals surface area (Å²) in [6.45, 7) is 7.32. The number of benzene rings is 1. The van der Waals surface area contributed by atoms with E-state index in [1.54, 1.807) is 4.90 Å². The van der Waals surface area contributed by atoms with Crippen LogP contribution in [0.5, 0.6) is 0 Å². The predicted molar refractivity (Wildman–Crippen MR) is 75.7 cm³/mol. The van der Waals surface area contributed by atoms with Crippen LogP contribution in [-0.2, 0) is 4.79 Å². The summed E-state index contributed by atoms with van der Waals surface area (Å²) in [5.41, 5.74) is 3.31. The molecule has 0 aliphatic carbocycles. The molecular formula is C15H20N2O2. The third-order valence-electron chi connectivity index (χ3n) is 3.46. The zero-order valence-corrected chi connectivity index (χ0v) is 11.9. The van der Waals surface area contributed by atoms with E-state index >= 15 is 0 Å². The maximum atomic E-state index is 12.1. The van der Waals surface area contributed by atoms with Gasteiger partial charge >= 0.3 is 0 Å². The Hall–Kier alpha value is -1.68. The van der Waals surface area contributed by atoms with Crippen molar-refractivity contribution in [3.8, 4) is 0 Å². The van der Waals surface area contributed by atoms with E-state index in [0.29, 0.717) is 18.0 Å². The zero-order valence-electron chi connectivity index (χ0n) is 11.9. The highest BCUT2D eigenvalue weighted by Crippen LogP contribution is 2.33. The smallest absolute Gasteiger partial charge is 0.299 e. The van der Waals surface area contributed by atoms with Crippen molar-refractivity contribution in [3.05, 3.63) is 28.8 Å². The molecule has 1 aliphatic heterocycles. The molecule has 0 saturated carbocycles. The minimum Gasteiger partial charge on any atom is -0.319 e. The normalized spacial score (nSPS) is 15.9. The molecule has 0 saturated heterocycles. The molecule has 1 atom stereocenters. The number of carbonyl (C=O) groups excluding carboxylic acids is 2. The van der Waals surface area contributed by atoms with Gasteiger partial charge in [0.05, 0.1) is 11.3 Å². The number of anilines is 1. The second kappa shape index (κ2) is 5.13. The Morgan fingerprint density at radius 2 is 1.95 bits per heavy atom. The molecule has 19 heavy (non-hydrogen) atoms. The van der Waals surface area contributed by atoms with Crippen molar-refractivity contribution in [2.24, 2.45) is 5.92 Å². The summed E-state index contributed by atoms with van der Waals surface area (Å²) in [7, 11) is 1.88. The first-order chi connectivity index (χ1) is 8.95. The Kier molecular flexibility index (Phi) is 3.71. The number of ketones is 1. The predicted octanol–water partition coefficient (Wildman–Crippen LogP) is 1.69. The Balaban J connectivity index is 2.38. The number of Topliss-reactive ketones (excluding diaryl/α,β-unsaturated/α-hetero) is 1. The van der Waals surface area contributed by atoms with E-state index in [0.717, 1.165) is 23.4 Å². The van der Waals surface area contributed by atoms with Gasteiger partial charge in [0.2, 0.25) is 0 Å². The van der Waals surface area contributed by atoms with Crippen LogP contribution in [0.15, 0.2) is 12.1 Å². The molecule has 4 heteroatoms. The average molecular weight is 260 g/mol. The van der Waals surface area contributed by atoms with Gasteiger partial charge in [-0.05, 0) is 50.6 Å². The van der Waals surface area contributed by atoms with Crippen LogP contribution in [0.1, 0.15) is 28.4 Å². The van der Waals surface area contributed by atoms with Gasteiger partial charge in [-0.2, -0.15) is 0 Å². The number of hydrogen-bond acceptors (Lipinski definition) is 3. The lowest BCUT2D eigenvalue weighted by Gasteiger charge is -2.21. The molecule has 102 valence electrons. The summed E-state index contributed by atoms with van der Waals surface area (Å²) in [5, 5.41) is 3.09. The summed E-state index contributed by atoms with van der Waals surface area (Å²) < 4.78 is 0. The molecule has 1 aromatic carbocycles. The first kappa shape index (κ1) is 13.7. The molecule has 0 radical (unpaired) electrons. The fourth-order valence-electron chi connectivity index (χ4n) is 2.70. The molecular weight excluding hydrogens is 240 g/mol. The molecule has 1 unspecified atom stereocenters. The number of nitrogens with zero attached hydrogens (tertiary/aromatic N) is 1. The van der Waals surface area contributed by atoms with E-state index in [-0.39, 0.29) is 5.78 Å². The molecule has 1 aromatic rings. The Morgan fingerprint density at radius 1 is 1.26 bits per heavy atom. The van der Waals surface area contributed by atoms with Gasteiger partial charge in [-0.25, -0.2) is 0 Å². The molecule has 0 aromatic heterocycles. The minimum atomic E-state index is -0.397. The monoisotopic (exact) mass is 260 g/mol. The Bertz CT molecular complexity index is 537. The molecule has 4 nitrogen and oxygen atoms in total. The van der Waals surface area contributed by atoms with Crippen LogP contribution in [0.25, 0.3) is 0 Å². The van der Waals surface area contributed by atoms with Gasteiger partial charge < -0.3 is 10.2 Å². The van der Waals surface area contributed by atoms with Gasteiger partial charge in [0.15, 0.2) is 0 Å². The molecule has 2 rings (SSSR count). The van der Waals surface area contributed by atoms with Crippen LogP contribution in [0, 0.1) is 19.8 Å². The minimum absolute atomic E-state index is 0.300. The number of fused-ring (bicyclic) bond motifs is 1. The first-order valence-electron chi connectivity index (χ1n) is 6.57. The van der Waals surface area contributed by atoms with Gasteiger partial charge in [0, 0.05) is 6.54 Å². The van der Waals surface area contributed by atoms with Crippen molar-refractivity contribution >= 4 is 17.4 Å². The molecule has 1 heterocycles. The van der Waals surface area contributed by atoms with Gasteiger partial charge in [-0.3, -0.25) is 9.59 Å². The van der Waals surface area contributed by atoms with Crippen molar-refractivity contribution in [1.82, 2.24) is 5.32 Å². The van der Waals surface area contributed by atoms with Crippen molar-refractivity contribution in [1.29, 1.82) is 0 Å². The first-order valence-corrected chi connectivity index (χ1v) is 6.57. The van der Waals surface area contributed by atoms with E-state index in [1.165, 1.54) is 0 Å². The average Bonchev–Trinajstić information content (AvgIpc) is 2.54. The molecule has 1 N–H and O–H groups in total. The zero-order chi connectivity index (χ0) is 14.2. The van der Waals surface area contributed by atoms with Gasteiger partial charge in [0.25, 0.3) is 11.7 Å². The summed E-state index contributed by atoms with van der Waals surface area (Å²) in [6, 6.07) is 3.88. The lowest BCUT2D eigenvalue weighted by atomic mass is 10.0. The quantitative estimate of drug-likeness (QED) is 0.838. The Labute approximate surface area is 113 Å². The number of amides is 1. The second-order valence-corrected chi connectivity index (χ2v) is 5.38. The van der Waals surface area contributed by atoms with Crippen LogP contribution in [-0.4, -0.2) is 31.8 Å². The highest BCUT2D eigenvalue weighted by Gasteiger charge is 2.37. The van der Waals surface area contributed by atoms with Crippen molar-refractivity contribution < 1.29 is 9.59 Å². The maximum Gasteiger partial charge on any atom is 0.299 e. The molecule has 0 spiro atoms. The lowest BCUT2D eigenvalue weighted by molar-refractivity contribution is -0.114. The van der Waals surface area contributed by atoms with Crippen LogP contribution < -0.4 is 10.2 Å². The van der Waals surface area contributed by atoms with E-state index in [1.807, 2.05) is 33.0 Å². The second-order valence-electron chi connectivity index (χ2n) is 5.38. The van der Waals surface area contributed by atoms with Crippen molar-refractivity contribution in [3.63, 3.8) is 0 Å². The van der Waals surface area contributed by atoms with Crippen LogP contribution in [0.4, 0.5) is 5.69 Å². The summed E-state index contributed by atoms with van der Waals surface area (Å²) in [4.78, 5) is 25.8. The van der Waals surface area contributed by atoms with Crippen molar-refractivity contribution in [2.45, 2.75) is 20.8 Å². The van der Waals surface area contributed by atoms with Crippen LogP contribution in [0.2, 0.25) is 0 Å². The number of hydrogen-bond donors (Lipinski definition) is 1. The van der Waals surface area contributed by atoms with E-state index in [9.17, 15) is 9.59 Å². The number of nitrogens with one attached hydrogen (secondary N) is 1. The van der Waals surface area contributed by atoms with E-state index < -0.39 is 5.91 Å². The summed E-state index contributed by atoms with van der Waals surface area (Å²) >= 11 is 0. The third kappa shape index (κ3) is 2.40. The SMILES string of the molecule is CNCC(C)CN1C(=O)C(=O)c2c(C)cc(C)cc21. The summed E-state index contributed by atoms with van der Waals surface area (Å²) in [6.07, 6.45) is 0. The van der Waals surface area contributed by atoms with Gasteiger partial charge in [-0.15, -0.1) is 0 Å². The van der Waals surface area contributed by atoms with E-state index in [4.69, 9.17) is 0 Å². The van der Waals surface area contributed by atoms with Gasteiger partial charge in [0.1, 0.15) is 0 Å². The highest BCUT2D eigenvalue weighted by molar-refractivity contribution is 6.52. The third-order valence-corrected chi connectivity index (χ3v) is 3.46. The molecule has 1 aliphatic rings.